The molecule has 0 amide bonds. The van der Waals surface area contributed by atoms with Gasteiger partial charge in [0.2, 0.25) is 0 Å². The van der Waals surface area contributed by atoms with Crippen LogP contribution in [0.5, 0.6) is 0 Å². The Kier molecular flexibility index (Phi) is 2.33. The lowest BCUT2D eigenvalue weighted by molar-refractivity contribution is 0.648. The Bertz CT molecular complexity index is 220. The minimum Gasteiger partial charge on any atom is -0.265 e. The van der Waals surface area contributed by atoms with Crippen LogP contribution in [0.25, 0.3) is 0 Å². The molecule has 0 fully saturated rings. The van der Waals surface area contributed by atoms with Gasteiger partial charge in [-0.2, -0.15) is 0 Å². The van der Waals surface area contributed by atoms with Crippen LogP contribution in [0.1, 0.15) is 5.56 Å². The molecule has 0 spiro atoms. The van der Waals surface area contributed by atoms with E-state index in [0.717, 1.165) is 9.13 Å². The van der Waals surface area contributed by atoms with Crippen molar-refractivity contribution >= 4 is 21.2 Å². The summed E-state index contributed by atoms with van der Waals surface area (Å²) in [6.07, 6.45) is 0. The van der Waals surface area contributed by atoms with Crippen molar-refractivity contribution in [2.24, 2.45) is 0 Å². The molecule has 2 heteroatoms. The second kappa shape index (κ2) is 3.06. The monoisotopic (exact) mass is 234 g/mol. The van der Waals surface area contributed by atoms with Crippen molar-refractivity contribution in [3.05, 3.63) is 33.4 Å². The summed E-state index contributed by atoms with van der Waals surface area (Å²) in [6, 6.07) is 7.76. The van der Waals surface area contributed by atoms with E-state index in [9.17, 15) is 3.07 Å². The first-order chi connectivity index (χ1) is 4.34. The minimum atomic E-state index is -0.962. The van der Waals surface area contributed by atoms with E-state index >= 15 is 0 Å². The maximum Gasteiger partial charge on any atom is 0.182 e. The molecule has 0 atom stereocenters. The standard InChI is InChI=1S/C7H7IO/c1-6-4-2-3-5-7(6)8-9/h2-5H,1H3. The third-order valence-corrected chi connectivity index (χ3v) is 2.84. The molecule has 0 aliphatic rings. The van der Waals surface area contributed by atoms with Crippen molar-refractivity contribution in [1.82, 2.24) is 0 Å². The molecule has 0 heterocycles. The number of benzene rings is 1. The molecule has 0 unspecified atom stereocenters. The molecule has 0 aliphatic carbocycles. The van der Waals surface area contributed by atoms with Crippen LogP contribution in [0.15, 0.2) is 24.3 Å². The summed E-state index contributed by atoms with van der Waals surface area (Å²) >= 11 is -0.962. The number of halogens is 1. The van der Waals surface area contributed by atoms with Crippen molar-refractivity contribution in [2.45, 2.75) is 6.92 Å². The van der Waals surface area contributed by atoms with Crippen LogP contribution >= 0.6 is 21.2 Å². The van der Waals surface area contributed by atoms with Crippen molar-refractivity contribution in [3.63, 3.8) is 0 Å². The predicted octanol–water partition coefficient (Wildman–Crippen LogP) is 2.48. The third-order valence-electron chi connectivity index (χ3n) is 1.16. The van der Waals surface area contributed by atoms with Crippen LogP contribution in [-0.4, -0.2) is 0 Å². The molecule has 0 N–H and O–H groups in total. The summed E-state index contributed by atoms with van der Waals surface area (Å²) in [5.74, 6) is 0. The van der Waals surface area contributed by atoms with E-state index in [4.69, 9.17) is 0 Å². The molecule has 0 bridgehead atoms. The largest absolute Gasteiger partial charge is 0.265 e. The summed E-state index contributed by atoms with van der Waals surface area (Å²) in [6.45, 7) is 1.98. The molecule has 0 saturated heterocycles. The van der Waals surface area contributed by atoms with Gasteiger partial charge in [0.1, 0.15) is 0 Å². The number of hydrogen-bond acceptors (Lipinski definition) is 1. The highest BCUT2D eigenvalue weighted by molar-refractivity contribution is 14.1. The highest BCUT2D eigenvalue weighted by Gasteiger charge is 1.91. The van der Waals surface area contributed by atoms with Crippen LogP contribution in [0.2, 0.25) is 0 Å². The normalized spacial score (nSPS) is 9.44. The molecule has 0 aromatic heterocycles. The summed E-state index contributed by atoms with van der Waals surface area (Å²) in [4.78, 5) is 0. The Morgan fingerprint density at radius 2 is 2.00 bits per heavy atom. The Morgan fingerprint density at radius 3 is 2.44 bits per heavy atom. The lowest BCUT2D eigenvalue weighted by Crippen LogP contribution is -1.75. The number of aryl methyl sites for hydroxylation is 1. The van der Waals surface area contributed by atoms with Crippen LogP contribution in [0, 0.1) is 10.5 Å². The topological polar surface area (TPSA) is 17.1 Å². The molecule has 1 aromatic carbocycles. The fourth-order valence-electron chi connectivity index (χ4n) is 0.638. The van der Waals surface area contributed by atoms with Gasteiger partial charge in [0.25, 0.3) is 0 Å². The smallest absolute Gasteiger partial charge is 0.182 e. The molecule has 0 saturated carbocycles. The second-order valence-electron chi connectivity index (χ2n) is 1.83. The molecular formula is C7H7IO. The van der Waals surface area contributed by atoms with Crippen molar-refractivity contribution in [2.75, 3.05) is 0 Å². The van der Waals surface area contributed by atoms with E-state index in [1.807, 2.05) is 31.2 Å². The summed E-state index contributed by atoms with van der Waals surface area (Å²) in [5, 5.41) is 0. The molecule has 1 rings (SSSR count). The second-order valence-corrected chi connectivity index (χ2v) is 3.43. The molecule has 48 valence electrons. The maximum absolute atomic E-state index is 10.5. The van der Waals surface area contributed by atoms with E-state index < -0.39 is 21.2 Å². The van der Waals surface area contributed by atoms with Crippen molar-refractivity contribution in [3.8, 4) is 0 Å². The van der Waals surface area contributed by atoms with E-state index in [0.29, 0.717) is 0 Å². The summed E-state index contributed by atoms with van der Waals surface area (Å²) < 4.78 is 11.5. The SMILES string of the molecule is Cc1ccccc1I=O. The fraction of sp³-hybridized carbons (Fsp3) is 0.143. The van der Waals surface area contributed by atoms with Gasteiger partial charge in [0.15, 0.2) is 21.2 Å². The van der Waals surface area contributed by atoms with Gasteiger partial charge in [-0.05, 0) is 18.6 Å². The van der Waals surface area contributed by atoms with Crippen molar-refractivity contribution < 1.29 is 3.07 Å². The lowest BCUT2D eigenvalue weighted by atomic mass is 10.2. The van der Waals surface area contributed by atoms with E-state index in [2.05, 4.69) is 0 Å². The van der Waals surface area contributed by atoms with Gasteiger partial charge in [-0.15, -0.1) is 0 Å². The van der Waals surface area contributed by atoms with Crippen LogP contribution in [0.4, 0.5) is 0 Å². The van der Waals surface area contributed by atoms with E-state index in [1.54, 1.807) is 0 Å². The van der Waals surface area contributed by atoms with Gasteiger partial charge in [-0.1, -0.05) is 18.2 Å². The fourth-order valence-corrected chi connectivity index (χ4v) is 1.52. The van der Waals surface area contributed by atoms with E-state index in [-0.39, 0.29) is 0 Å². The zero-order valence-corrected chi connectivity index (χ0v) is 7.25. The summed E-state index contributed by atoms with van der Waals surface area (Å²) in [5.41, 5.74) is 1.14. The molecule has 0 radical (unpaired) electrons. The Hall–Kier alpha value is -0.250. The van der Waals surface area contributed by atoms with Gasteiger partial charge in [-0.3, -0.25) is 3.07 Å². The van der Waals surface area contributed by atoms with Crippen LogP contribution in [0.3, 0.4) is 0 Å². The average molecular weight is 234 g/mol. The summed E-state index contributed by atoms with van der Waals surface area (Å²) in [7, 11) is 0. The first kappa shape index (κ1) is 6.86. The molecular weight excluding hydrogens is 227 g/mol. The lowest BCUT2D eigenvalue weighted by Gasteiger charge is -1.91. The van der Waals surface area contributed by atoms with E-state index in [1.165, 1.54) is 0 Å². The maximum atomic E-state index is 10.5. The van der Waals surface area contributed by atoms with Crippen LogP contribution < -0.4 is 0 Å². The zero-order chi connectivity index (χ0) is 6.69. The van der Waals surface area contributed by atoms with Gasteiger partial charge in [0, 0.05) is 3.57 Å². The predicted molar refractivity (Wildman–Crippen MR) is 44.6 cm³/mol. The molecule has 9 heavy (non-hydrogen) atoms. The first-order valence-corrected chi connectivity index (χ1v) is 4.63. The highest BCUT2D eigenvalue weighted by atomic mass is 127. The first-order valence-electron chi connectivity index (χ1n) is 2.67. The van der Waals surface area contributed by atoms with Gasteiger partial charge in [0.05, 0.1) is 0 Å². The number of hydrogen-bond donors (Lipinski definition) is 0. The third kappa shape index (κ3) is 1.58. The van der Waals surface area contributed by atoms with Crippen molar-refractivity contribution in [1.29, 1.82) is 0 Å². The zero-order valence-electron chi connectivity index (χ0n) is 5.10. The molecule has 0 aliphatic heterocycles. The highest BCUT2D eigenvalue weighted by Crippen LogP contribution is 2.13. The number of rotatable bonds is 1. The van der Waals surface area contributed by atoms with Gasteiger partial charge >= 0.3 is 0 Å². The average Bonchev–Trinajstić information content (AvgIpc) is 1.89. The minimum absolute atomic E-state index is 0.962. The van der Waals surface area contributed by atoms with Crippen LogP contribution in [-0.2, 0) is 3.07 Å². The Balaban J connectivity index is 3.15. The Labute approximate surface area is 64.7 Å². The molecule has 1 nitrogen and oxygen atoms in total. The quantitative estimate of drug-likeness (QED) is 0.682. The van der Waals surface area contributed by atoms with Gasteiger partial charge in [-0.25, -0.2) is 0 Å². The molecule has 1 aromatic rings. The Morgan fingerprint density at radius 1 is 1.33 bits per heavy atom. The van der Waals surface area contributed by atoms with Gasteiger partial charge < -0.3 is 0 Å².